The van der Waals surface area contributed by atoms with E-state index in [-0.39, 0.29) is 11.8 Å². The van der Waals surface area contributed by atoms with Gasteiger partial charge in [-0.1, -0.05) is 20.8 Å². The number of rotatable bonds is 4. The topological polar surface area (TPSA) is 46.3 Å². The summed E-state index contributed by atoms with van der Waals surface area (Å²) in [6.45, 7) is 8.61. The van der Waals surface area contributed by atoms with Gasteiger partial charge in [-0.05, 0) is 12.3 Å². The van der Waals surface area contributed by atoms with Gasteiger partial charge < -0.3 is 10.6 Å². The summed E-state index contributed by atoms with van der Waals surface area (Å²) in [6.07, 6.45) is 1.14. The Hall–Kier alpha value is -0.220. The number of carbonyl (C=O) groups excluding carboxylic acids is 1. The summed E-state index contributed by atoms with van der Waals surface area (Å²) in [7, 11) is 0. The summed E-state index contributed by atoms with van der Waals surface area (Å²) in [4.78, 5) is 14.3. The van der Waals surface area contributed by atoms with Crippen molar-refractivity contribution in [3.05, 3.63) is 0 Å². The molecule has 1 aliphatic rings. The Morgan fingerprint density at radius 1 is 1.56 bits per heavy atom. The molecule has 1 rings (SSSR count). The number of thioether (sulfide) groups is 1. The number of hydrogen-bond acceptors (Lipinski definition) is 3. The van der Waals surface area contributed by atoms with Gasteiger partial charge in [-0.25, -0.2) is 0 Å². The van der Waals surface area contributed by atoms with Crippen molar-refractivity contribution >= 4 is 17.7 Å². The maximum atomic E-state index is 12.3. The third-order valence-electron chi connectivity index (χ3n) is 3.28. The number of nitrogens with two attached hydrogens (primary N) is 1. The molecule has 1 saturated heterocycles. The fraction of sp³-hybridized carbons (Fsp3) is 0.917. The van der Waals surface area contributed by atoms with Gasteiger partial charge in [-0.3, -0.25) is 4.79 Å². The molecule has 0 aliphatic carbocycles. The minimum Gasteiger partial charge on any atom is -0.340 e. The molecule has 1 heterocycles. The van der Waals surface area contributed by atoms with Crippen LogP contribution in [0.4, 0.5) is 0 Å². The minimum absolute atomic E-state index is 0.000561. The monoisotopic (exact) mass is 244 g/mol. The van der Waals surface area contributed by atoms with Crippen LogP contribution >= 0.6 is 11.8 Å². The Morgan fingerprint density at radius 2 is 2.25 bits per heavy atom. The molecular formula is C12H24N2OS. The zero-order chi connectivity index (χ0) is 12.1. The van der Waals surface area contributed by atoms with Crippen LogP contribution in [0.25, 0.3) is 0 Å². The molecule has 2 atom stereocenters. The minimum atomic E-state index is 0.000561. The molecule has 16 heavy (non-hydrogen) atoms. The third kappa shape index (κ3) is 3.39. The van der Waals surface area contributed by atoms with E-state index >= 15 is 0 Å². The van der Waals surface area contributed by atoms with Crippen molar-refractivity contribution < 1.29 is 4.79 Å². The molecule has 1 aliphatic heterocycles. The number of amides is 1. The van der Waals surface area contributed by atoms with Crippen molar-refractivity contribution in [3.63, 3.8) is 0 Å². The van der Waals surface area contributed by atoms with E-state index in [4.69, 9.17) is 5.73 Å². The summed E-state index contributed by atoms with van der Waals surface area (Å²) in [6, 6.07) is 0. The van der Waals surface area contributed by atoms with Crippen LogP contribution in [0.15, 0.2) is 0 Å². The zero-order valence-corrected chi connectivity index (χ0v) is 11.4. The summed E-state index contributed by atoms with van der Waals surface area (Å²) in [5.74, 6) is 1.67. The Balaban J connectivity index is 2.58. The van der Waals surface area contributed by atoms with E-state index in [0.717, 1.165) is 25.3 Å². The van der Waals surface area contributed by atoms with Crippen LogP contribution in [0.2, 0.25) is 0 Å². The molecule has 0 spiro atoms. The summed E-state index contributed by atoms with van der Waals surface area (Å²) in [5, 5.41) is 0.614. The van der Waals surface area contributed by atoms with Crippen molar-refractivity contribution in [1.82, 2.24) is 4.90 Å². The number of hydrogen-bond donors (Lipinski definition) is 1. The van der Waals surface area contributed by atoms with Crippen molar-refractivity contribution in [3.8, 4) is 0 Å². The largest absolute Gasteiger partial charge is 0.340 e. The smallest absolute Gasteiger partial charge is 0.227 e. The standard InChI is InChI=1S/C12H24N2OS/c1-4-10-8-14(5-6-16-10)12(15)11(7-13)9(2)3/h9-11H,4-8,13H2,1-3H3. The predicted octanol–water partition coefficient (Wildman–Crippen LogP) is 1.57. The van der Waals surface area contributed by atoms with E-state index in [1.54, 1.807) is 0 Å². The predicted molar refractivity (Wildman–Crippen MR) is 70.5 cm³/mol. The molecule has 0 aromatic heterocycles. The van der Waals surface area contributed by atoms with Gasteiger partial charge in [0.05, 0.1) is 5.92 Å². The molecule has 0 radical (unpaired) electrons. The maximum Gasteiger partial charge on any atom is 0.227 e. The molecule has 1 amide bonds. The average molecular weight is 244 g/mol. The highest BCUT2D eigenvalue weighted by molar-refractivity contribution is 8.00. The second kappa shape index (κ2) is 6.50. The van der Waals surface area contributed by atoms with Gasteiger partial charge in [0.25, 0.3) is 0 Å². The van der Waals surface area contributed by atoms with Gasteiger partial charge in [0.2, 0.25) is 5.91 Å². The lowest BCUT2D eigenvalue weighted by atomic mass is 9.94. The molecule has 0 aromatic carbocycles. The Kier molecular flexibility index (Phi) is 5.62. The SMILES string of the molecule is CCC1CN(C(=O)C(CN)C(C)C)CCS1. The van der Waals surface area contributed by atoms with Crippen LogP contribution in [0.5, 0.6) is 0 Å². The van der Waals surface area contributed by atoms with Crippen LogP contribution in [0.3, 0.4) is 0 Å². The molecule has 4 heteroatoms. The fourth-order valence-corrected chi connectivity index (χ4v) is 3.24. The van der Waals surface area contributed by atoms with Crippen molar-refractivity contribution in [2.45, 2.75) is 32.4 Å². The molecule has 2 N–H and O–H groups in total. The number of carbonyl (C=O) groups is 1. The Morgan fingerprint density at radius 3 is 2.75 bits per heavy atom. The number of nitrogens with zero attached hydrogens (tertiary/aromatic N) is 1. The summed E-state index contributed by atoms with van der Waals surface area (Å²) >= 11 is 1.99. The van der Waals surface area contributed by atoms with Crippen molar-refractivity contribution in [1.29, 1.82) is 0 Å². The lowest BCUT2D eigenvalue weighted by Gasteiger charge is -2.35. The molecule has 2 unspecified atom stereocenters. The third-order valence-corrected chi connectivity index (χ3v) is 4.65. The Bertz CT molecular complexity index is 233. The summed E-state index contributed by atoms with van der Waals surface area (Å²) < 4.78 is 0. The van der Waals surface area contributed by atoms with Crippen molar-refractivity contribution in [2.24, 2.45) is 17.6 Å². The first-order chi connectivity index (χ1) is 7.60. The first kappa shape index (κ1) is 13.8. The average Bonchev–Trinajstić information content (AvgIpc) is 2.29. The van der Waals surface area contributed by atoms with Crippen LogP contribution in [-0.4, -0.2) is 41.4 Å². The van der Waals surface area contributed by atoms with Gasteiger partial charge in [0.15, 0.2) is 0 Å². The normalized spacial score (nSPS) is 23.6. The molecule has 0 bridgehead atoms. The molecule has 0 aromatic rings. The van der Waals surface area contributed by atoms with Gasteiger partial charge >= 0.3 is 0 Å². The lowest BCUT2D eigenvalue weighted by Crippen LogP contribution is -2.47. The molecule has 0 saturated carbocycles. The van der Waals surface area contributed by atoms with Gasteiger partial charge in [0, 0.05) is 30.6 Å². The van der Waals surface area contributed by atoms with Crippen molar-refractivity contribution in [2.75, 3.05) is 25.4 Å². The second-order valence-corrected chi connectivity index (χ2v) is 6.18. The summed E-state index contributed by atoms with van der Waals surface area (Å²) in [5.41, 5.74) is 5.70. The molecule has 3 nitrogen and oxygen atoms in total. The highest BCUT2D eigenvalue weighted by Gasteiger charge is 2.29. The van der Waals surface area contributed by atoms with E-state index in [0.29, 0.717) is 17.7 Å². The van der Waals surface area contributed by atoms with Crippen LogP contribution in [0.1, 0.15) is 27.2 Å². The van der Waals surface area contributed by atoms with E-state index in [1.807, 2.05) is 16.7 Å². The van der Waals surface area contributed by atoms with Gasteiger partial charge in [0.1, 0.15) is 0 Å². The van der Waals surface area contributed by atoms with Crippen LogP contribution in [0, 0.1) is 11.8 Å². The van der Waals surface area contributed by atoms with E-state index in [2.05, 4.69) is 20.8 Å². The van der Waals surface area contributed by atoms with Crippen LogP contribution < -0.4 is 5.73 Å². The van der Waals surface area contributed by atoms with Gasteiger partial charge in [-0.15, -0.1) is 0 Å². The molecular weight excluding hydrogens is 220 g/mol. The van der Waals surface area contributed by atoms with E-state index in [9.17, 15) is 4.79 Å². The highest BCUT2D eigenvalue weighted by atomic mass is 32.2. The first-order valence-electron chi connectivity index (χ1n) is 6.20. The zero-order valence-electron chi connectivity index (χ0n) is 10.6. The quantitative estimate of drug-likeness (QED) is 0.816. The molecule has 1 fully saturated rings. The van der Waals surface area contributed by atoms with Gasteiger partial charge in [-0.2, -0.15) is 11.8 Å². The molecule has 94 valence electrons. The van der Waals surface area contributed by atoms with E-state index in [1.165, 1.54) is 0 Å². The first-order valence-corrected chi connectivity index (χ1v) is 7.25. The van der Waals surface area contributed by atoms with Crippen LogP contribution in [-0.2, 0) is 4.79 Å². The Labute approximate surface area is 103 Å². The second-order valence-electron chi connectivity index (χ2n) is 4.77. The van der Waals surface area contributed by atoms with E-state index < -0.39 is 0 Å². The highest BCUT2D eigenvalue weighted by Crippen LogP contribution is 2.23. The fourth-order valence-electron chi connectivity index (χ4n) is 2.06. The maximum absolute atomic E-state index is 12.3. The lowest BCUT2D eigenvalue weighted by molar-refractivity contribution is -0.136.